The van der Waals surface area contributed by atoms with Crippen LogP contribution in [0.25, 0.3) is 0 Å². The smallest absolute Gasteiger partial charge is 0.472 e. The summed E-state index contributed by atoms with van der Waals surface area (Å²) < 4.78 is 31.8. The molecule has 44 heavy (non-hydrogen) atoms. The van der Waals surface area contributed by atoms with Crippen LogP contribution >= 0.6 is 7.82 Å². The number of carboxylic acid groups (broad SMARTS) is 1. The van der Waals surface area contributed by atoms with Gasteiger partial charge in [-0.15, -0.1) is 0 Å². The Morgan fingerprint density at radius 1 is 0.682 bits per heavy atom. The molecule has 0 aliphatic carbocycles. The lowest BCUT2D eigenvalue weighted by Crippen LogP contribution is -2.34. The standard InChI is InChI=1S/C32H60NO10P/c1-3-5-6-7-8-9-10-11-12-13-14-15-16-17-18-19-20-21-22-24-31(35)43-28(25-40-30(34)23-4-2)26-41-44(38,39)42-27-29(33)32(36)37/h11-12,28-29H,3-10,13-27,33H2,1-2H3,(H,36,37)(H,38,39)/b12-11-. The van der Waals surface area contributed by atoms with E-state index in [0.29, 0.717) is 12.8 Å². The van der Waals surface area contributed by atoms with E-state index < -0.39 is 51.1 Å². The van der Waals surface area contributed by atoms with Gasteiger partial charge in [0.2, 0.25) is 0 Å². The maximum atomic E-state index is 12.4. The van der Waals surface area contributed by atoms with Crippen LogP contribution in [-0.4, -0.2) is 59.9 Å². The summed E-state index contributed by atoms with van der Waals surface area (Å²) in [6, 6.07) is -1.51. The third-order valence-electron chi connectivity index (χ3n) is 6.98. The molecular formula is C32H60NO10P. The van der Waals surface area contributed by atoms with Crippen molar-refractivity contribution in [2.45, 2.75) is 154 Å². The van der Waals surface area contributed by atoms with Crippen molar-refractivity contribution in [2.24, 2.45) is 5.73 Å². The fraction of sp³-hybridized carbons (Fsp3) is 0.844. The lowest BCUT2D eigenvalue weighted by molar-refractivity contribution is -0.161. The van der Waals surface area contributed by atoms with E-state index in [1.165, 1.54) is 83.5 Å². The second-order valence-corrected chi connectivity index (χ2v) is 12.8. The van der Waals surface area contributed by atoms with Crippen molar-refractivity contribution in [3.63, 3.8) is 0 Å². The first kappa shape index (κ1) is 42.2. The van der Waals surface area contributed by atoms with Gasteiger partial charge >= 0.3 is 25.7 Å². The van der Waals surface area contributed by atoms with Gasteiger partial charge in [0, 0.05) is 12.8 Å². The third-order valence-corrected chi connectivity index (χ3v) is 7.93. The zero-order valence-corrected chi connectivity index (χ0v) is 28.2. The number of nitrogens with two attached hydrogens (primary N) is 1. The minimum absolute atomic E-state index is 0.159. The molecule has 0 aromatic heterocycles. The molecule has 0 aromatic carbocycles. The maximum absolute atomic E-state index is 12.4. The summed E-state index contributed by atoms with van der Waals surface area (Å²) in [6.07, 6.45) is 24.8. The van der Waals surface area contributed by atoms with E-state index in [1.807, 2.05) is 0 Å². The molecule has 0 amide bonds. The molecule has 0 aliphatic rings. The van der Waals surface area contributed by atoms with Gasteiger partial charge in [0.05, 0.1) is 13.2 Å². The highest BCUT2D eigenvalue weighted by Crippen LogP contribution is 2.43. The van der Waals surface area contributed by atoms with Crippen LogP contribution in [-0.2, 0) is 37.5 Å². The van der Waals surface area contributed by atoms with Gasteiger partial charge < -0.3 is 25.2 Å². The molecule has 0 rings (SSSR count). The minimum atomic E-state index is -4.68. The van der Waals surface area contributed by atoms with E-state index in [-0.39, 0.29) is 19.4 Å². The van der Waals surface area contributed by atoms with Crippen molar-refractivity contribution in [3.8, 4) is 0 Å². The Labute approximate surface area is 265 Å². The van der Waals surface area contributed by atoms with Gasteiger partial charge in [0.15, 0.2) is 6.10 Å². The lowest BCUT2D eigenvalue weighted by atomic mass is 10.1. The lowest BCUT2D eigenvalue weighted by Gasteiger charge is -2.20. The molecule has 4 N–H and O–H groups in total. The number of carbonyl (C=O) groups excluding carboxylic acids is 2. The van der Waals surface area contributed by atoms with Crippen LogP contribution in [0.3, 0.4) is 0 Å². The van der Waals surface area contributed by atoms with Crippen molar-refractivity contribution in [3.05, 3.63) is 12.2 Å². The number of ether oxygens (including phenoxy) is 2. The predicted molar refractivity (Wildman–Crippen MR) is 171 cm³/mol. The summed E-state index contributed by atoms with van der Waals surface area (Å²) >= 11 is 0. The summed E-state index contributed by atoms with van der Waals surface area (Å²) in [5, 5.41) is 8.76. The molecule has 3 unspecified atom stereocenters. The van der Waals surface area contributed by atoms with Gasteiger partial charge in [0.1, 0.15) is 12.6 Å². The molecule has 258 valence electrons. The fourth-order valence-electron chi connectivity index (χ4n) is 4.33. The van der Waals surface area contributed by atoms with Gasteiger partial charge in [-0.3, -0.25) is 23.4 Å². The zero-order chi connectivity index (χ0) is 32.9. The van der Waals surface area contributed by atoms with E-state index in [1.54, 1.807) is 6.92 Å². The number of hydrogen-bond acceptors (Lipinski definition) is 9. The number of carbonyl (C=O) groups is 3. The average Bonchev–Trinajstić information content (AvgIpc) is 2.98. The minimum Gasteiger partial charge on any atom is -0.480 e. The Morgan fingerprint density at radius 3 is 1.70 bits per heavy atom. The number of hydrogen-bond donors (Lipinski definition) is 3. The molecule has 12 heteroatoms. The van der Waals surface area contributed by atoms with Gasteiger partial charge in [-0.2, -0.15) is 0 Å². The van der Waals surface area contributed by atoms with Gasteiger partial charge in [-0.05, 0) is 38.5 Å². The number of carboxylic acids is 1. The number of esters is 2. The normalized spacial score (nSPS) is 14.3. The fourth-order valence-corrected chi connectivity index (χ4v) is 5.11. The topological polar surface area (TPSA) is 172 Å². The second kappa shape index (κ2) is 28.7. The number of rotatable bonds is 31. The van der Waals surface area contributed by atoms with Crippen molar-refractivity contribution in [1.82, 2.24) is 0 Å². The third kappa shape index (κ3) is 27.7. The first-order chi connectivity index (χ1) is 21.1. The molecule has 3 atom stereocenters. The summed E-state index contributed by atoms with van der Waals surface area (Å²) in [5.74, 6) is -2.44. The van der Waals surface area contributed by atoms with Crippen LogP contribution in [0.15, 0.2) is 12.2 Å². The highest BCUT2D eigenvalue weighted by Gasteiger charge is 2.28. The first-order valence-corrected chi connectivity index (χ1v) is 18.2. The number of aliphatic carboxylic acids is 1. The quantitative estimate of drug-likeness (QED) is 0.0296. The Balaban J connectivity index is 4.06. The van der Waals surface area contributed by atoms with Gasteiger partial charge in [-0.1, -0.05) is 103 Å². The predicted octanol–water partition coefficient (Wildman–Crippen LogP) is 7.38. The first-order valence-electron chi connectivity index (χ1n) is 16.7. The van der Waals surface area contributed by atoms with Crippen LogP contribution in [0.5, 0.6) is 0 Å². The largest absolute Gasteiger partial charge is 0.480 e. The number of phosphoric ester groups is 1. The van der Waals surface area contributed by atoms with E-state index in [9.17, 15) is 23.8 Å². The van der Waals surface area contributed by atoms with Crippen LogP contribution < -0.4 is 5.73 Å². The van der Waals surface area contributed by atoms with Crippen LogP contribution in [0, 0.1) is 0 Å². The van der Waals surface area contributed by atoms with Crippen LogP contribution in [0.4, 0.5) is 0 Å². The second-order valence-electron chi connectivity index (χ2n) is 11.3. The summed E-state index contributed by atoms with van der Waals surface area (Å²) in [5.41, 5.74) is 5.26. The molecular weight excluding hydrogens is 589 g/mol. The Hall–Kier alpha value is -1.78. The summed E-state index contributed by atoms with van der Waals surface area (Å²) in [6.45, 7) is 2.36. The summed E-state index contributed by atoms with van der Waals surface area (Å²) in [4.78, 5) is 44.6. The Bertz CT molecular complexity index is 823. The zero-order valence-electron chi connectivity index (χ0n) is 27.3. The average molecular weight is 650 g/mol. The molecule has 0 fully saturated rings. The van der Waals surface area contributed by atoms with E-state index >= 15 is 0 Å². The molecule has 0 radical (unpaired) electrons. The molecule has 11 nitrogen and oxygen atoms in total. The molecule has 0 bridgehead atoms. The Kier molecular flexibility index (Phi) is 27.5. The highest BCUT2D eigenvalue weighted by atomic mass is 31.2. The molecule has 0 aromatic rings. The van der Waals surface area contributed by atoms with Gasteiger partial charge in [0.25, 0.3) is 0 Å². The van der Waals surface area contributed by atoms with Crippen LogP contribution in [0.1, 0.15) is 142 Å². The number of unbranched alkanes of at least 4 members (excludes halogenated alkanes) is 15. The maximum Gasteiger partial charge on any atom is 0.472 e. The van der Waals surface area contributed by atoms with E-state index in [0.717, 1.165) is 19.3 Å². The van der Waals surface area contributed by atoms with E-state index in [4.69, 9.17) is 24.8 Å². The molecule has 0 aliphatic heterocycles. The van der Waals surface area contributed by atoms with Crippen molar-refractivity contribution >= 4 is 25.7 Å². The monoisotopic (exact) mass is 649 g/mol. The van der Waals surface area contributed by atoms with Gasteiger partial charge in [-0.25, -0.2) is 4.57 Å². The Morgan fingerprint density at radius 2 is 1.18 bits per heavy atom. The van der Waals surface area contributed by atoms with Crippen molar-refractivity contribution < 1.29 is 47.5 Å². The highest BCUT2D eigenvalue weighted by molar-refractivity contribution is 7.47. The van der Waals surface area contributed by atoms with E-state index in [2.05, 4.69) is 23.6 Å². The van der Waals surface area contributed by atoms with Crippen LogP contribution in [0.2, 0.25) is 0 Å². The SMILES string of the molecule is CCCCCCCC/C=C\CCCCCCCCCCCC(=O)OC(COC(=O)CCC)COP(=O)(O)OCC(N)C(=O)O. The van der Waals surface area contributed by atoms with Crippen molar-refractivity contribution in [1.29, 1.82) is 0 Å². The molecule has 0 heterocycles. The van der Waals surface area contributed by atoms with Crippen molar-refractivity contribution in [2.75, 3.05) is 19.8 Å². The molecule has 0 spiro atoms. The summed E-state index contributed by atoms with van der Waals surface area (Å²) in [7, 11) is -4.68. The number of allylic oxidation sites excluding steroid dienone is 2. The number of phosphoric acid groups is 1. The molecule has 0 saturated carbocycles. The molecule has 0 saturated heterocycles.